The first-order valence-corrected chi connectivity index (χ1v) is 6.86. The number of hydrogen-bond donors (Lipinski definition) is 1. The second-order valence-corrected chi connectivity index (χ2v) is 5.64. The Morgan fingerprint density at radius 2 is 1.79 bits per heavy atom. The largest absolute Gasteiger partial charge is 0.382 e. The third-order valence-corrected chi connectivity index (χ3v) is 3.92. The Labute approximate surface area is 121 Å². The van der Waals surface area contributed by atoms with Crippen molar-refractivity contribution in [3.8, 4) is 0 Å². The first kappa shape index (κ1) is 12.8. The minimum atomic E-state index is -0.395. The topological polar surface area (TPSA) is 12.0 Å². The molecule has 1 aliphatic rings. The summed E-state index contributed by atoms with van der Waals surface area (Å²) in [4.78, 5) is 0. The highest BCUT2D eigenvalue weighted by Gasteiger charge is 2.21. The van der Waals surface area contributed by atoms with Crippen molar-refractivity contribution in [2.75, 3.05) is 5.32 Å². The molecule has 0 aromatic heterocycles. The molecular weight excluding hydrogens is 284 g/mol. The van der Waals surface area contributed by atoms with Gasteiger partial charge in [-0.05, 0) is 54.3 Å². The van der Waals surface area contributed by atoms with Gasteiger partial charge in [0.15, 0.2) is 0 Å². The van der Waals surface area contributed by atoms with E-state index >= 15 is 0 Å². The van der Waals surface area contributed by atoms with Crippen molar-refractivity contribution in [1.29, 1.82) is 0 Å². The minimum absolute atomic E-state index is 0.142. The normalized spacial score (nSPS) is 17.3. The zero-order valence-electron chi connectivity index (χ0n) is 10.1. The van der Waals surface area contributed by atoms with E-state index in [1.165, 1.54) is 17.2 Å². The Bertz CT molecular complexity index is 628. The van der Waals surface area contributed by atoms with Gasteiger partial charge in [0, 0.05) is 16.8 Å². The average molecular weight is 296 g/mol. The number of anilines is 1. The molecule has 0 fully saturated rings. The highest BCUT2D eigenvalue weighted by atomic mass is 35.5. The smallest absolute Gasteiger partial charge is 0.141 e. The van der Waals surface area contributed by atoms with Gasteiger partial charge in [-0.25, -0.2) is 4.39 Å². The highest BCUT2D eigenvalue weighted by Crippen LogP contribution is 2.28. The van der Waals surface area contributed by atoms with E-state index in [0.29, 0.717) is 6.04 Å². The summed E-state index contributed by atoms with van der Waals surface area (Å²) >= 11 is 11.8. The van der Waals surface area contributed by atoms with Gasteiger partial charge >= 0.3 is 0 Å². The fourth-order valence-electron chi connectivity index (χ4n) is 2.51. The fourth-order valence-corrected chi connectivity index (χ4v) is 2.89. The minimum Gasteiger partial charge on any atom is -0.382 e. The molecule has 19 heavy (non-hydrogen) atoms. The first-order valence-electron chi connectivity index (χ1n) is 6.11. The summed E-state index contributed by atoms with van der Waals surface area (Å²) in [5.74, 6) is -0.395. The molecule has 2 aromatic carbocycles. The standard InChI is InChI=1S/C15H12Cl2FN/c16-11-2-1-9-6-13(7-10(9)5-11)19-12-3-4-15(18)14(17)8-12/h1-5,8,13,19H,6-7H2. The summed E-state index contributed by atoms with van der Waals surface area (Å²) < 4.78 is 13.1. The first-order chi connectivity index (χ1) is 9.11. The third kappa shape index (κ3) is 2.70. The fraction of sp³-hybridized carbons (Fsp3) is 0.200. The van der Waals surface area contributed by atoms with Gasteiger partial charge in [0.05, 0.1) is 5.02 Å². The van der Waals surface area contributed by atoms with Gasteiger partial charge in [0.1, 0.15) is 5.82 Å². The Morgan fingerprint density at radius 3 is 2.58 bits per heavy atom. The Morgan fingerprint density at radius 1 is 1.00 bits per heavy atom. The molecule has 1 nitrogen and oxygen atoms in total. The predicted molar refractivity (Wildman–Crippen MR) is 77.7 cm³/mol. The second kappa shape index (κ2) is 5.03. The van der Waals surface area contributed by atoms with Crippen LogP contribution in [-0.2, 0) is 12.8 Å². The van der Waals surface area contributed by atoms with Crippen LogP contribution in [0.3, 0.4) is 0 Å². The number of benzene rings is 2. The molecule has 0 spiro atoms. The summed E-state index contributed by atoms with van der Waals surface area (Å²) in [7, 11) is 0. The lowest BCUT2D eigenvalue weighted by Gasteiger charge is -2.13. The third-order valence-electron chi connectivity index (χ3n) is 3.39. The molecule has 1 unspecified atom stereocenters. The summed E-state index contributed by atoms with van der Waals surface area (Å²) in [6.07, 6.45) is 1.87. The lowest BCUT2D eigenvalue weighted by Crippen LogP contribution is -2.19. The molecule has 0 heterocycles. The summed E-state index contributed by atoms with van der Waals surface area (Å²) in [5, 5.41) is 4.29. The number of hydrogen-bond acceptors (Lipinski definition) is 1. The predicted octanol–water partition coefficient (Wildman–Crippen LogP) is 4.71. The molecule has 4 heteroatoms. The summed E-state index contributed by atoms with van der Waals surface area (Å²) in [6.45, 7) is 0. The maximum atomic E-state index is 13.1. The molecule has 98 valence electrons. The molecule has 0 saturated carbocycles. The van der Waals surface area contributed by atoms with Gasteiger partial charge in [-0.3, -0.25) is 0 Å². The van der Waals surface area contributed by atoms with E-state index in [2.05, 4.69) is 11.4 Å². The van der Waals surface area contributed by atoms with Crippen molar-refractivity contribution in [2.45, 2.75) is 18.9 Å². The zero-order valence-corrected chi connectivity index (χ0v) is 11.6. The van der Waals surface area contributed by atoms with E-state index in [1.54, 1.807) is 12.1 Å². The monoisotopic (exact) mass is 295 g/mol. The summed E-state index contributed by atoms with van der Waals surface area (Å²) in [5.41, 5.74) is 3.43. The van der Waals surface area contributed by atoms with Gasteiger partial charge in [-0.1, -0.05) is 29.3 Å². The van der Waals surface area contributed by atoms with Crippen molar-refractivity contribution in [1.82, 2.24) is 0 Å². The van der Waals surface area contributed by atoms with Crippen molar-refractivity contribution in [3.05, 3.63) is 63.4 Å². The van der Waals surface area contributed by atoms with Crippen molar-refractivity contribution < 1.29 is 4.39 Å². The van der Waals surface area contributed by atoms with Gasteiger partial charge < -0.3 is 5.32 Å². The Kier molecular flexibility index (Phi) is 3.38. The zero-order chi connectivity index (χ0) is 13.4. The van der Waals surface area contributed by atoms with Crippen LogP contribution in [0.4, 0.5) is 10.1 Å². The maximum Gasteiger partial charge on any atom is 0.141 e. The molecule has 0 bridgehead atoms. The molecular formula is C15H12Cl2FN. The van der Waals surface area contributed by atoms with Crippen LogP contribution in [0.2, 0.25) is 10.0 Å². The lowest BCUT2D eigenvalue weighted by atomic mass is 10.1. The van der Waals surface area contributed by atoms with E-state index in [1.807, 2.05) is 12.1 Å². The van der Waals surface area contributed by atoms with E-state index in [4.69, 9.17) is 23.2 Å². The average Bonchev–Trinajstić information content (AvgIpc) is 2.75. The molecule has 1 N–H and O–H groups in total. The Hall–Kier alpha value is -1.25. The number of nitrogens with one attached hydrogen (secondary N) is 1. The van der Waals surface area contributed by atoms with Crippen LogP contribution in [0.1, 0.15) is 11.1 Å². The van der Waals surface area contributed by atoms with E-state index in [9.17, 15) is 4.39 Å². The van der Waals surface area contributed by atoms with Crippen LogP contribution < -0.4 is 5.32 Å². The lowest BCUT2D eigenvalue weighted by molar-refractivity contribution is 0.628. The molecule has 0 saturated heterocycles. The van der Waals surface area contributed by atoms with Crippen molar-refractivity contribution in [3.63, 3.8) is 0 Å². The highest BCUT2D eigenvalue weighted by molar-refractivity contribution is 6.31. The summed E-state index contributed by atoms with van der Waals surface area (Å²) in [6, 6.07) is 11.0. The molecule has 3 rings (SSSR count). The molecule has 1 aliphatic carbocycles. The molecule has 0 aliphatic heterocycles. The quantitative estimate of drug-likeness (QED) is 0.846. The SMILES string of the molecule is Fc1ccc(NC2Cc3ccc(Cl)cc3C2)cc1Cl. The van der Waals surface area contributed by atoms with Crippen LogP contribution in [0.15, 0.2) is 36.4 Å². The van der Waals surface area contributed by atoms with Crippen molar-refractivity contribution in [2.24, 2.45) is 0 Å². The molecule has 0 amide bonds. The van der Waals surface area contributed by atoms with Gasteiger partial charge in [-0.15, -0.1) is 0 Å². The van der Waals surface area contributed by atoms with Crippen LogP contribution >= 0.6 is 23.2 Å². The van der Waals surface area contributed by atoms with E-state index < -0.39 is 5.82 Å². The Balaban J connectivity index is 1.75. The van der Waals surface area contributed by atoms with Crippen LogP contribution in [0.5, 0.6) is 0 Å². The van der Waals surface area contributed by atoms with E-state index in [-0.39, 0.29) is 5.02 Å². The van der Waals surface area contributed by atoms with Crippen LogP contribution in [-0.4, -0.2) is 6.04 Å². The molecule has 2 aromatic rings. The van der Waals surface area contributed by atoms with Crippen LogP contribution in [0.25, 0.3) is 0 Å². The van der Waals surface area contributed by atoms with E-state index in [0.717, 1.165) is 23.6 Å². The van der Waals surface area contributed by atoms with Gasteiger partial charge in [-0.2, -0.15) is 0 Å². The number of halogens is 3. The number of rotatable bonds is 2. The maximum absolute atomic E-state index is 13.1. The second-order valence-electron chi connectivity index (χ2n) is 4.79. The van der Waals surface area contributed by atoms with Gasteiger partial charge in [0.2, 0.25) is 0 Å². The molecule has 0 radical (unpaired) electrons. The van der Waals surface area contributed by atoms with Crippen LogP contribution in [0, 0.1) is 5.82 Å². The molecule has 1 atom stereocenters. The van der Waals surface area contributed by atoms with Crippen molar-refractivity contribution >= 4 is 28.9 Å². The van der Waals surface area contributed by atoms with Gasteiger partial charge in [0.25, 0.3) is 0 Å². The number of fused-ring (bicyclic) bond motifs is 1.